The highest BCUT2D eigenvalue weighted by molar-refractivity contribution is 6.30. The average molecular weight is 280 g/mol. The largest absolute Gasteiger partial charge is 0.370 e. The molecule has 3 nitrogen and oxygen atoms in total. The van der Waals surface area contributed by atoms with Gasteiger partial charge in [-0.1, -0.05) is 11.6 Å². The Morgan fingerprint density at radius 3 is 2.89 bits per heavy atom. The number of halogens is 1. The van der Waals surface area contributed by atoms with Gasteiger partial charge in [-0.25, -0.2) is 0 Å². The zero-order valence-corrected chi connectivity index (χ0v) is 12.1. The van der Waals surface area contributed by atoms with E-state index in [9.17, 15) is 0 Å². The van der Waals surface area contributed by atoms with Crippen molar-refractivity contribution >= 4 is 17.3 Å². The van der Waals surface area contributed by atoms with E-state index in [0.29, 0.717) is 6.54 Å². The molecule has 1 aromatic carbocycles. The Kier molecular flexibility index (Phi) is 3.96. The molecule has 0 aromatic heterocycles. The van der Waals surface area contributed by atoms with Crippen molar-refractivity contribution in [3.8, 4) is 0 Å². The van der Waals surface area contributed by atoms with Crippen molar-refractivity contribution in [2.24, 2.45) is 5.73 Å². The molecule has 0 amide bonds. The van der Waals surface area contributed by atoms with Crippen molar-refractivity contribution in [3.63, 3.8) is 0 Å². The predicted octanol–water partition coefficient (Wildman–Crippen LogP) is 2.47. The van der Waals surface area contributed by atoms with Crippen LogP contribution in [0.15, 0.2) is 18.2 Å². The van der Waals surface area contributed by atoms with Gasteiger partial charge in [0.15, 0.2) is 0 Å². The first-order valence-electron chi connectivity index (χ1n) is 7.25. The van der Waals surface area contributed by atoms with Crippen LogP contribution in [0.2, 0.25) is 5.02 Å². The van der Waals surface area contributed by atoms with Gasteiger partial charge in [-0.2, -0.15) is 0 Å². The minimum Gasteiger partial charge on any atom is -0.370 e. The minimum absolute atomic E-state index is 0.556. The first-order chi connectivity index (χ1) is 9.28. The number of nitrogens with two attached hydrogens (primary N) is 1. The van der Waals surface area contributed by atoms with Crippen molar-refractivity contribution < 1.29 is 0 Å². The molecule has 19 heavy (non-hydrogen) atoms. The zero-order chi connectivity index (χ0) is 13.2. The topological polar surface area (TPSA) is 32.5 Å². The summed E-state index contributed by atoms with van der Waals surface area (Å²) in [5.74, 6) is 0. The lowest BCUT2D eigenvalue weighted by Crippen LogP contribution is -2.37. The highest BCUT2D eigenvalue weighted by atomic mass is 35.5. The molecule has 2 heterocycles. The fourth-order valence-corrected chi connectivity index (χ4v) is 3.65. The van der Waals surface area contributed by atoms with E-state index >= 15 is 0 Å². The molecule has 0 aliphatic carbocycles. The molecule has 2 aliphatic rings. The van der Waals surface area contributed by atoms with Crippen LogP contribution in [0.3, 0.4) is 0 Å². The molecular formula is C15H22ClN3. The van der Waals surface area contributed by atoms with E-state index < -0.39 is 0 Å². The summed E-state index contributed by atoms with van der Waals surface area (Å²) in [5.41, 5.74) is 8.32. The Morgan fingerprint density at radius 2 is 2.05 bits per heavy atom. The molecule has 3 rings (SSSR count). The molecule has 4 heteroatoms. The van der Waals surface area contributed by atoms with Crippen molar-refractivity contribution in [1.29, 1.82) is 0 Å². The smallest absolute Gasteiger partial charge is 0.0413 e. The maximum Gasteiger partial charge on any atom is 0.0413 e. The summed E-state index contributed by atoms with van der Waals surface area (Å²) in [7, 11) is 0. The van der Waals surface area contributed by atoms with Crippen molar-refractivity contribution in [2.45, 2.75) is 31.8 Å². The van der Waals surface area contributed by atoms with Gasteiger partial charge in [0.05, 0.1) is 0 Å². The molecule has 0 saturated carbocycles. The number of fused-ring (bicyclic) bond motifs is 1. The standard InChI is InChI=1S/C15H22ClN3/c16-13-4-5-15(12(9-13)10-17)19-8-2-7-18-6-1-3-14(18)11-19/h4-5,9,14H,1-3,6-8,10-11,17H2. The van der Waals surface area contributed by atoms with Gasteiger partial charge >= 0.3 is 0 Å². The van der Waals surface area contributed by atoms with E-state index in [1.807, 2.05) is 12.1 Å². The molecule has 0 bridgehead atoms. The van der Waals surface area contributed by atoms with Crippen LogP contribution < -0.4 is 10.6 Å². The highest BCUT2D eigenvalue weighted by Gasteiger charge is 2.29. The molecular weight excluding hydrogens is 258 g/mol. The highest BCUT2D eigenvalue weighted by Crippen LogP contribution is 2.28. The van der Waals surface area contributed by atoms with Crippen LogP contribution in [-0.2, 0) is 6.54 Å². The van der Waals surface area contributed by atoms with E-state index in [2.05, 4.69) is 15.9 Å². The average Bonchev–Trinajstić information content (AvgIpc) is 2.76. The lowest BCUT2D eigenvalue weighted by atomic mass is 10.1. The SMILES string of the molecule is NCc1cc(Cl)ccc1N1CCCN2CCCC2C1. The summed E-state index contributed by atoms with van der Waals surface area (Å²) in [6, 6.07) is 6.85. The predicted molar refractivity (Wildman–Crippen MR) is 80.8 cm³/mol. The van der Waals surface area contributed by atoms with Crippen LogP contribution in [0.25, 0.3) is 0 Å². The number of benzene rings is 1. The summed E-state index contributed by atoms with van der Waals surface area (Å²) >= 11 is 6.07. The van der Waals surface area contributed by atoms with Gasteiger partial charge in [0, 0.05) is 42.9 Å². The second-order valence-electron chi connectivity index (χ2n) is 5.61. The van der Waals surface area contributed by atoms with Gasteiger partial charge < -0.3 is 10.6 Å². The van der Waals surface area contributed by atoms with E-state index in [0.717, 1.165) is 24.2 Å². The van der Waals surface area contributed by atoms with Gasteiger partial charge in [0.1, 0.15) is 0 Å². The van der Waals surface area contributed by atoms with Crippen LogP contribution in [0.5, 0.6) is 0 Å². The fourth-order valence-electron chi connectivity index (χ4n) is 3.45. The Bertz CT molecular complexity index is 449. The third-order valence-electron chi connectivity index (χ3n) is 4.41. The summed E-state index contributed by atoms with van der Waals surface area (Å²) < 4.78 is 0. The van der Waals surface area contributed by atoms with Gasteiger partial charge in [0.25, 0.3) is 0 Å². The number of anilines is 1. The van der Waals surface area contributed by atoms with Crippen LogP contribution in [0.1, 0.15) is 24.8 Å². The molecule has 2 aliphatic heterocycles. The lowest BCUT2D eigenvalue weighted by Gasteiger charge is -2.29. The molecule has 1 atom stereocenters. The Labute approximate surface area is 120 Å². The molecule has 2 fully saturated rings. The summed E-state index contributed by atoms with van der Waals surface area (Å²) in [6.07, 6.45) is 3.92. The molecule has 0 spiro atoms. The molecule has 2 N–H and O–H groups in total. The van der Waals surface area contributed by atoms with Gasteiger partial charge in [-0.05, 0) is 49.6 Å². The monoisotopic (exact) mass is 279 g/mol. The second kappa shape index (κ2) is 5.70. The van der Waals surface area contributed by atoms with Crippen LogP contribution >= 0.6 is 11.6 Å². The lowest BCUT2D eigenvalue weighted by molar-refractivity contribution is 0.273. The Hall–Kier alpha value is -0.770. The quantitative estimate of drug-likeness (QED) is 0.903. The zero-order valence-electron chi connectivity index (χ0n) is 11.3. The first kappa shape index (κ1) is 13.2. The number of hydrogen-bond acceptors (Lipinski definition) is 3. The fraction of sp³-hybridized carbons (Fsp3) is 0.600. The molecule has 104 valence electrons. The molecule has 2 saturated heterocycles. The minimum atomic E-state index is 0.556. The Balaban J connectivity index is 1.84. The van der Waals surface area contributed by atoms with Crippen molar-refractivity contribution in [2.75, 3.05) is 31.1 Å². The maximum absolute atomic E-state index is 6.07. The molecule has 1 unspecified atom stereocenters. The van der Waals surface area contributed by atoms with Crippen LogP contribution in [-0.4, -0.2) is 37.1 Å². The van der Waals surface area contributed by atoms with Gasteiger partial charge in [-0.15, -0.1) is 0 Å². The summed E-state index contributed by atoms with van der Waals surface area (Å²) in [4.78, 5) is 5.16. The summed E-state index contributed by atoms with van der Waals surface area (Å²) in [6.45, 7) is 5.34. The number of hydrogen-bond donors (Lipinski definition) is 1. The van der Waals surface area contributed by atoms with Gasteiger partial charge in [-0.3, -0.25) is 4.90 Å². The first-order valence-corrected chi connectivity index (χ1v) is 7.63. The summed E-state index contributed by atoms with van der Waals surface area (Å²) in [5, 5.41) is 0.779. The van der Waals surface area contributed by atoms with Crippen molar-refractivity contribution in [1.82, 2.24) is 4.90 Å². The Morgan fingerprint density at radius 1 is 1.21 bits per heavy atom. The normalized spacial score (nSPS) is 24.3. The van der Waals surface area contributed by atoms with Crippen molar-refractivity contribution in [3.05, 3.63) is 28.8 Å². The van der Waals surface area contributed by atoms with E-state index in [1.54, 1.807) is 0 Å². The number of rotatable bonds is 2. The van der Waals surface area contributed by atoms with Crippen LogP contribution in [0, 0.1) is 0 Å². The maximum atomic E-state index is 6.07. The van der Waals surface area contributed by atoms with E-state index in [4.69, 9.17) is 17.3 Å². The van der Waals surface area contributed by atoms with Crippen LogP contribution in [0.4, 0.5) is 5.69 Å². The number of nitrogens with zero attached hydrogens (tertiary/aromatic N) is 2. The second-order valence-corrected chi connectivity index (χ2v) is 6.05. The third kappa shape index (κ3) is 2.73. The molecule has 1 aromatic rings. The third-order valence-corrected chi connectivity index (χ3v) is 4.64. The van der Waals surface area contributed by atoms with Gasteiger partial charge in [0.2, 0.25) is 0 Å². The van der Waals surface area contributed by atoms with E-state index in [-0.39, 0.29) is 0 Å². The van der Waals surface area contributed by atoms with E-state index in [1.165, 1.54) is 43.6 Å². The molecule has 0 radical (unpaired) electrons.